The van der Waals surface area contributed by atoms with E-state index in [0.29, 0.717) is 6.42 Å². The van der Waals surface area contributed by atoms with Crippen LogP contribution in [0.3, 0.4) is 0 Å². The molecular formula is C12H16F2N2O2. The third-order valence-corrected chi connectivity index (χ3v) is 2.50. The van der Waals surface area contributed by atoms with Gasteiger partial charge in [-0.15, -0.1) is 0 Å². The summed E-state index contributed by atoms with van der Waals surface area (Å²) in [5.41, 5.74) is -0.572. The molecule has 2 N–H and O–H groups in total. The number of aliphatic hydroxyl groups excluding tert-OH is 1. The van der Waals surface area contributed by atoms with Crippen LogP contribution < -0.4 is 5.32 Å². The van der Waals surface area contributed by atoms with Gasteiger partial charge in [-0.1, -0.05) is 13.0 Å². The van der Waals surface area contributed by atoms with Crippen molar-refractivity contribution in [1.82, 2.24) is 10.3 Å². The van der Waals surface area contributed by atoms with Crippen molar-refractivity contribution < 1.29 is 18.7 Å². The Morgan fingerprint density at radius 1 is 1.56 bits per heavy atom. The van der Waals surface area contributed by atoms with Crippen molar-refractivity contribution in [3.05, 3.63) is 30.1 Å². The highest BCUT2D eigenvalue weighted by Gasteiger charge is 2.42. The SMILES string of the molecule is CC(CCO)CNC(=O)C(F)(F)c1ccccn1. The summed E-state index contributed by atoms with van der Waals surface area (Å²) in [6, 6.07) is 4.01. The topological polar surface area (TPSA) is 62.2 Å². The summed E-state index contributed by atoms with van der Waals surface area (Å²) in [5, 5.41) is 10.8. The number of nitrogens with zero attached hydrogens (tertiary/aromatic N) is 1. The smallest absolute Gasteiger partial charge is 0.366 e. The molecule has 1 heterocycles. The van der Waals surface area contributed by atoms with Crippen LogP contribution in [-0.4, -0.2) is 29.1 Å². The Morgan fingerprint density at radius 3 is 2.83 bits per heavy atom. The van der Waals surface area contributed by atoms with Crippen molar-refractivity contribution >= 4 is 5.91 Å². The lowest BCUT2D eigenvalue weighted by atomic mass is 10.1. The summed E-state index contributed by atoms with van der Waals surface area (Å²) >= 11 is 0. The number of aliphatic hydroxyl groups is 1. The molecule has 0 aromatic carbocycles. The average Bonchev–Trinajstić information content (AvgIpc) is 2.37. The molecule has 18 heavy (non-hydrogen) atoms. The van der Waals surface area contributed by atoms with Crippen LogP contribution in [0.15, 0.2) is 24.4 Å². The largest absolute Gasteiger partial charge is 0.396 e. The number of alkyl halides is 2. The summed E-state index contributed by atoms with van der Waals surface area (Å²) in [4.78, 5) is 14.9. The van der Waals surface area contributed by atoms with Crippen LogP contribution >= 0.6 is 0 Å². The maximum Gasteiger partial charge on any atom is 0.366 e. The van der Waals surface area contributed by atoms with E-state index in [9.17, 15) is 13.6 Å². The van der Waals surface area contributed by atoms with E-state index in [2.05, 4.69) is 10.3 Å². The summed E-state index contributed by atoms with van der Waals surface area (Å²) in [6.07, 6.45) is 1.67. The van der Waals surface area contributed by atoms with E-state index < -0.39 is 17.5 Å². The minimum absolute atomic E-state index is 0.0341. The van der Waals surface area contributed by atoms with Crippen LogP contribution in [0.25, 0.3) is 0 Å². The lowest BCUT2D eigenvalue weighted by Crippen LogP contribution is -2.40. The van der Waals surface area contributed by atoms with Gasteiger partial charge in [0.2, 0.25) is 0 Å². The zero-order valence-electron chi connectivity index (χ0n) is 10.1. The molecule has 1 unspecified atom stereocenters. The number of carbonyl (C=O) groups excluding carboxylic acids is 1. The first-order valence-corrected chi connectivity index (χ1v) is 5.67. The van der Waals surface area contributed by atoms with Gasteiger partial charge in [-0.25, -0.2) is 0 Å². The third-order valence-electron chi connectivity index (χ3n) is 2.50. The molecule has 0 radical (unpaired) electrons. The van der Waals surface area contributed by atoms with Crippen LogP contribution in [0.4, 0.5) is 8.78 Å². The first-order valence-electron chi connectivity index (χ1n) is 5.67. The van der Waals surface area contributed by atoms with E-state index in [1.165, 1.54) is 18.3 Å². The Kier molecular flexibility index (Phi) is 5.15. The van der Waals surface area contributed by atoms with E-state index in [1.807, 2.05) is 0 Å². The minimum atomic E-state index is -3.64. The molecule has 0 bridgehead atoms. The number of amides is 1. The van der Waals surface area contributed by atoms with Gasteiger partial charge >= 0.3 is 5.92 Å². The monoisotopic (exact) mass is 258 g/mol. The molecule has 4 nitrogen and oxygen atoms in total. The molecule has 1 rings (SSSR count). The molecule has 1 aromatic heterocycles. The van der Waals surface area contributed by atoms with E-state index in [1.54, 1.807) is 6.92 Å². The molecule has 0 aliphatic rings. The van der Waals surface area contributed by atoms with E-state index in [-0.39, 0.29) is 19.1 Å². The van der Waals surface area contributed by atoms with Gasteiger partial charge in [-0.2, -0.15) is 8.78 Å². The average molecular weight is 258 g/mol. The highest BCUT2D eigenvalue weighted by Crippen LogP contribution is 2.25. The number of rotatable bonds is 6. The lowest BCUT2D eigenvalue weighted by molar-refractivity contribution is -0.147. The van der Waals surface area contributed by atoms with Gasteiger partial charge in [0.1, 0.15) is 5.69 Å². The summed E-state index contributed by atoms with van der Waals surface area (Å²) < 4.78 is 27.3. The quantitative estimate of drug-likeness (QED) is 0.808. The molecule has 0 spiro atoms. The Hall–Kier alpha value is -1.56. The van der Waals surface area contributed by atoms with Gasteiger partial charge in [0, 0.05) is 19.3 Å². The number of hydrogen-bond donors (Lipinski definition) is 2. The van der Waals surface area contributed by atoms with Gasteiger partial charge in [0.15, 0.2) is 0 Å². The molecule has 6 heteroatoms. The zero-order valence-corrected chi connectivity index (χ0v) is 10.1. The molecule has 0 saturated heterocycles. The number of pyridine rings is 1. The Balaban J connectivity index is 2.60. The molecule has 0 aliphatic heterocycles. The van der Waals surface area contributed by atoms with Gasteiger partial charge in [-0.05, 0) is 24.5 Å². The van der Waals surface area contributed by atoms with Crippen LogP contribution in [0.1, 0.15) is 19.0 Å². The van der Waals surface area contributed by atoms with E-state index in [4.69, 9.17) is 5.11 Å². The zero-order chi connectivity index (χ0) is 13.6. The predicted molar refractivity (Wildman–Crippen MR) is 62.0 cm³/mol. The second-order valence-corrected chi connectivity index (χ2v) is 4.12. The molecule has 1 aromatic rings. The number of aromatic nitrogens is 1. The maximum atomic E-state index is 13.7. The standard InChI is InChI=1S/C12H16F2N2O2/c1-9(5-7-17)8-16-11(18)12(13,14)10-4-2-3-6-15-10/h2-4,6,9,17H,5,7-8H2,1H3,(H,16,18). The fourth-order valence-corrected chi connectivity index (χ4v) is 1.37. The molecule has 100 valence electrons. The van der Waals surface area contributed by atoms with Crippen LogP contribution in [-0.2, 0) is 10.7 Å². The predicted octanol–water partition coefficient (Wildman–Crippen LogP) is 1.31. The fourth-order valence-electron chi connectivity index (χ4n) is 1.37. The van der Waals surface area contributed by atoms with Crippen molar-refractivity contribution in [2.75, 3.05) is 13.2 Å². The molecule has 1 atom stereocenters. The first kappa shape index (κ1) is 14.5. The Labute approximate surface area is 104 Å². The number of nitrogens with one attached hydrogen (secondary N) is 1. The van der Waals surface area contributed by atoms with Crippen molar-refractivity contribution in [1.29, 1.82) is 0 Å². The normalized spacial score (nSPS) is 13.1. The first-order chi connectivity index (χ1) is 8.48. The van der Waals surface area contributed by atoms with Crippen molar-refractivity contribution in [2.45, 2.75) is 19.3 Å². The second-order valence-electron chi connectivity index (χ2n) is 4.12. The van der Waals surface area contributed by atoms with Crippen molar-refractivity contribution in [2.24, 2.45) is 5.92 Å². The van der Waals surface area contributed by atoms with Crippen LogP contribution in [0.5, 0.6) is 0 Å². The van der Waals surface area contributed by atoms with E-state index in [0.717, 1.165) is 6.07 Å². The Bertz CT molecular complexity index is 385. The summed E-state index contributed by atoms with van der Waals surface area (Å²) in [7, 11) is 0. The molecular weight excluding hydrogens is 242 g/mol. The maximum absolute atomic E-state index is 13.7. The number of hydrogen-bond acceptors (Lipinski definition) is 3. The molecule has 1 amide bonds. The highest BCUT2D eigenvalue weighted by atomic mass is 19.3. The summed E-state index contributed by atoms with van der Waals surface area (Å²) in [5.74, 6) is -5.07. The molecule has 0 saturated carbocycles. The van der Waals surface area contributed by atoms with Crippen molar-refractivity contribution in [3.8, 4) is 0 Å². The molecule has 0 fully saturated rings. The lowest BCUT2D eigenvalue weighted by Gasteiger charge is -2.17. The van der Waals surface area contributed by atoms with Crippen LogP contribution in [0.2, 0.25) is 0 Å². The minimum Gasteiger partial charge on any atom is -0.396 e. The summed E-state index contributed by atoms with van der Waals surface area (Å²) in [6.45, 7) is 1.82. The Morgan fingerprint density at radius 2 is 2.28 bits per heavy atom. The third kappa shape index (κ3) is 3.73. The van der Waals surface area contributed by atoms with Crippen LogP contribution in [0, 0.1) is 5.92 Å². The van der Waals surface area contributed by atoms with Crippen molar-refractivity contribution in [3.63, 3.8) is 0 Å². The van der Waals surface area contributed by atoms with Gasteiger partial charge in [0.05, 0.1) is 0 Å². The highest BCUT2D eigenvalue weighted by molar-refractivity contribution is 5.84. The van der Waals surface area contributed by atoms with Gasteiger partial charge in [0.25, 0.3) is 5.91 Å². The number of carbonyl (C=O) groups is 1. The second kappa shape index (κ2) is 6.39. The van der Waals surface area contributed by atoms with E-state index >= 15 is 0 Å². The van der Waals surface area contributed by atoms with Gasteiger partial charge in [-0.3, -0.25) is 9.78 Å². The molecule has 0 aliphatic carbocycles. The fraction of sp³-hybridized carbons (Fsp3) is 0.500. The van der Waals surface area contributed by atoms with Gasteiger partial charge < -0.3 is 10.4 Å². The number of halogens is 2.